The number of hydrogen-bond donors (Lipinski definition) is 0. The Morgan fingerprint density at radius 1 is 1.17 bits per heavy atom. The van der Waals surface area contributed by atoms with Crippen molar-refractivity contribution < 1.29 is 9.59 Å². The number of fused-ring (bicyclic) bond motifs is 1. The number of nitrogens with zero attached hydrogens (tertiary/aromatic N) is 4. The fourth-order valence-corrected chi connectivity index (χ4v) is 6.05. The Kier molecular flexibility index (Phi) is 5.05. The average molecular weight is 427 g/mol. The van der Waals surface area contributed by atoms with Gasteiger partial charge in [-0.2, -0.15) is 0 Å². The summed E-state index contributed by atoms with van der Waals surface area (Å²) >= 11 is 3.20. The van der Waals surface area contributed by atoms with Crippen LogP contribution in [0.4, 0.5) is 5.13 Å². The van der Waals surface area contributed by atoms with Crippen LogP contribution < -0.4 is 4.90 Å². The van der Waals surface area contributed by atoms with Crippen molar-refractivity contribution in [3.05, 3.63) is 40.3 Å². The molecule has 5 rings (SSSR count). The van der Waals surface area contributed by atoms with Crippen molar-refractivity contribution in [2.24, 2.45) is 0 Å². The number of benzene rings is 1. The van der Waals surface area contributed by atoms with E-state index in [9.17, 15) is 9.59 Å². The van der Waals surface area contributed by atoms with E-state index in [1.807, 2.05) is 28.5 Å². The molecule has 6 nitrogen and oxygen atoms in total. The molecule has 2 fully saturated rings. The molecule has 4 heterocycles. The van der Waals surface area contributed by atoms with Gasteiger partial charge in [0, 0.05) is 37.4 Å². The van der Waals surface area contributed by atoms with Crippen molar-refractivity contribution in [2.75, 3.05) is 24.5 Å². The summed E-state index contributed by atoms with van der Waals surface area (Å²) in [7, 11) is 0. The van der Waals surface area contributed by atoms with Gasteiger partial charge in [-0.15, -0.1) is 22.7 Å². The lowest BCUT2D eigenvalue weighted by Gasteiger charge is -2.31. The summed E-state index contributed by atoms with van der Waals surface area (Å²) in [5.74, 6) is 0.547. The standard InChI is InChI=1S/C21H22N4O2S2/c26-18-8-4-10-25(18)21-22-15(13-28-21)11-19(27)24-9-3-5-14(12-24)20-23-16-6-1-2-7-17(16)29-20/h1-2,6-7,13-14H,3-5,8-12H2/t14-/m0/s1. The van der Waals surface area contributed by atoms with E-state index < -0.39 is 0 Å². The predicted molar refractivity (Wildman–Crippen MR) is 116 cm³/mol. The van der Waals surface area contributed by atoms with E-state index in [0.29, 0.717) is 18.8 Å². The van der Waals surface area contributed by atoms with Crippen LogP contribution in [0.2, 0.25) is 0 Å². The number of anilines is 1. The summed E-state index contributed by atoms with van der Waals surface area (Å²) in [5, 5.41) is 3.77. The number of thiazole rings is 2. The molecule has 0 unspecified atom stereocenters. The molecule has 8 heteroatoms. The van der Waals surface area contributed by atoms with Gasteiger partial charge in [-0.25, -0.2) is 9.97 Å². The molecule has 1 atom stereocenters. The highest BCUT2D eigenvalue weighted by molar-refractivity contribution is 7.18. The van der Waals surface area contributed by atoms with Crippen molar-refractivity contribution in [3.8, 4) is 0 Å². The molecule has 3 aromatic rings. The van der Waals surface area contributed by atoms with E-state index >= 15 is 0 Å². The highest BCUT2D eigenvalue weighted by Gasteiger charge is 2.28. The lowest BCUT2D eigenvalue weighted by Crippen LogP contribution is -2.40. The van der Waals surface area contributed by atoms with Gasteiger partial charge in [0.1, 0.15) is 0 Å². The van der Waals surface area contributed by atoms with Gasteiger partial charge in [-0.05, 0) is 31.4 Å². The number of amides is 2. The lowest BCUT2D eigenvalue weighted by atomic mass is 9.98. The zero-order valence-corrected chi connectivity index (χ0v) is 17.7. The minimum atomic E-state index is 0.111. The second-order valence-electron chi connectivity index (χ2n) is 7.65. The fourth-order valence-electron chi connectivity index (χ4n) is 4.09. The molecule has 0 bridgehead atoms. The molecular formula is C21H22N4O2S2. The second-order valence-corrected chi connectivity index (χ2v) is 9.54. The molecule has 29 heavy (non-hydrogen) atoms. The van der Waals surface area contributed by atoms with Crippen LogP contribution >= 0.6 is 22.7 Å². The number of carbonyl (C=O) groups is 2. The van der Waals surface area contributed by atoms with E-state index in [1.54, 1.807) is 16.2 Å². The van der Waals surface area contributed by atoms with Crippen molar-refractivity contribution in [1.82, 2.24) is 14.9 Å². The highest BCUT2D eigenvalue weighted by Crippen LogP contribution is 2.33. The van der Waals surface area contributed by atoms with Gasteiger partial charge < -0.3 is 4.90 Å². The van der Waals surface area contributed by atoms with Crippen LogP contribution in [-0.2, 0) is 16.0 Å². The van der Waals surface area contributed by atoms with Crippen LogP contribution in [0.1, 0.15) is 42.3 Å². The monoisotopic (exact) mass is 426 g/mol. The molecule has 2 aliphatic heterocycles. The van der Waals surface area contributed by atoms with Crippen molar-refractivity contribution in [1.29, 1.82) is 0 Å². The molecule has 150 valence electrons. The molecule has 1 aromatic carbocycles. The van der Waals surface area contributed by atoms with E-state index in [-0.39, 0.29) is 11.8 Å². The SMILES string of the molecule is O=C(Cc1csc(N2CCCC2=O)n1)N1CCC[C@H](c2nc3ccccc3s2)C1. The maximum Gasteiger partial charge on any atom is 0.228 e. The van der Waals surface area contributed by atoms with E-state index in [1.165, 1.54) is 16.0 Å². The van der Waals surface area contributed by atoms with Gasteiger partial charge in [0.25, 0.3) is 0 Å². The zero-order valence-electron chi connectivity index (χ0n) is 16.0. The van der Waals surface area contributed by atoms with Gasteiger partial charge in [0.15, 0.2) is 5.13 Å². The summed E-state index contributed by atoms with van der Waals surface area (Å²) in [4.78, 5) is 37.9. The first-order chi connectivity index (χ1) is 14.2. The Morgan fingerprint density at radius 2 is 2.07 bits per heavy atom. The number of para-hydroxylation sites is 1. The van der Waals surface area contributed by atoms with Gasteiger partial charge in [0.05, 0.1) is 27.3 Å². The predicted octanol–water partition coefficient (Wildman–Crippen LogP) is 3.83. The van der Waals surface area contributed by atoms with Crippen LogP contribution in [0.3, 0.4) is 0 Å². The molecule has 0 spiro atoms. The molecular weight excluding hydrogens is 404 g/mol. The fraction of sp³-hybridized carbons (Fsp3) is 0.429. The Bertz CT molecular complexity index is 1030. The smallest absolute Gasteiger partial charge is 0.228 e. The van der Waals surface area contributed by atoms with E-state index in [2.05, 4.69) is 11.1 Å². The maximum absolute atomic E-state index is 12.9. The summed E-state index contributed by atoms with van der Waals surface area (Å²) in [6.45, 7) is 2.25. The van der Waals surface area contributed by atoms with Gasteiger partial charge in [0.2, 0.25) is 11.8 Å². The van der Waals surface area contributed by atoms with Gasteiger partial charge in [-0.3, -0.25) is 14.5 Å². The lowest BCUT2D eigenvalue weighted by molar-refractivity contribution is -0.131. The Balaban J connectivity index is 1.25. The second kappa shape index (κ2) is 7.84. The highest BCUT2D eigenvalue weighted by atomic mass is 32.1. The number of piperidine rings is 1. The number of likely N-dealkylation sites (tertiary alicyclic amines) is 1. The first-order valence-corrected chi connectivity index (χ1v) is 11.7. The number of rotatable bonds is 4. The molecule has 0 saturated carbocycles. The number of carbonyl (C=O) groups excluding carboxylic acids is 2. The zero-order chi connectivity index (χ0) is 19.8. The Hall–Kier alpha value is -2.32. The summed E-state index contributed by atoms with van der Waals surface area (Å²) < 4.78 is 1.21. The summed E-state index contributed by atoms with van der Waals surface area (Å²) in [6.07, 6.45) is 3.84. The topological polar surface area (TPSA) is 66.4 Å². The number of aromatic nitrogens is 2. The van der Waals surface area contributed by atoms with E-state index in [0.717, 1.165) is 60.2 Å². The molecule has 0 radical (unpaired) electrons. The molecule has 2 saturated heterocycles. The normalized spacial score (nSPS) is 20.0. The Labute approximate surface area is 177 Å². The third-order valence-electron chi connectivity index (χ3n) is 5.61. The molecule has 2 amide bonds. The first-order valence-electron chi connectivity index (χ1n) is 10.1. The molecule has 0 aliphatic carbocycles. The van der Waals surface area contributed by atoms with Crippen LogP contribution in [0.5, 0.6) is 0 Å². The van der Waals surface area contributed by atoms with Crippen LogP contribution in [0.25, 0.3) is 10.2 Å². The minimum Gasteiger partial charge on any atom is -0.342 e. The average Bonchev–Trinajstić information content (AvgIpc) is 3.47. The van der Waals surface area contributed by atoms with Crippen LogP contribution in [0, 0.1) is 0 Å². The summed E-state index contributed by atoms with van der Waals surface area (Å²) in [5.41, 5.74) is 1.80. The molecule has 2 aromatic heterocycles. The molecule has 0 N–H and O–H groups in total. The third-order valence-corrected chi connectivity index (χ3v) is 7.72. The summed E-state index contributed by atoms with van der Waals surface area (Å²) in [6, 6.07) is 8.21. The third kappa shape index (κ3) is 3.79. The minimum absolute atomic E-state index is 0.111. The maximum atomic E-state index is 12.9. The van der Waals surface area contributed by atoms with Gasteiger partial charge >= 0.3 is 0 Å². The van der Waals surface area contributed by atoms with Crippen molar-refractivity contribution >= 4 is 49.8 Å². The van der Waals surface area contributed by atoms with Crippen LogP contribution in [-0.4, -0.2) is 46.3 Å². The van der Waals surface area contributed by atoms with Crippen molar-refractivity contribution in [3.63, 3.8) is 0 Å². The van der Waals surface area contributed by atoms with Crippen molar-refractivity contribution in [2.45, 2.75) is 38.0 Å². The molecule has 2 aliphatic rings. The van der Waals surface area contributed by atoms with Crippen LogP contribution in [0.15, 0.2) is 29.6 Å². The number of hydrogen-bond acceptors (Lipinski definition) is 6. The largest absolute Gasteiger partial charge is 0.342 e. The van der Waals surface area contributed by atoms with E-state index in [4.69, 9.17) is 4.98 Å². The quantitative estimate of drug-likeness (QED) is 0.636. The first kappa shape index (κ1) is 18.7. The Morgan fingerprint density at radius 3 is 2.90 bits per heavy atom. The van der Waals surface area contributed by atoms with Gasteiger partial charge in [-0.1, -0.05) is 12.1 Å².